The van der Waals surface area contributed by atoms with Crippen LogP contribution in [-0.4, -0.2) is 31.3 Å². The minimum atomic E-state index is 0.301. The SMILES string of the molecule is CC[C@@H]1CN(C)C[C@@H]1C=O. The third-order valence-corrected chi connectivity index (χ3v) is 2.37. The molecule has 2 atom stereocenters. The number of carbonyl (C=O) groups excluding carboxylic acids is 1. The van der Waals surface area contributed by atoms with Crippen LogP contribution in [0.5, 0.6) is 0 Å². The smallest absolute Gasteiger partial charge is 0.124 e. The highest BCUT2D eigenvalue weighted by Crippen LogP contribution is 2.22. The van der Waals surface area contributed by atoms with Crippen molar-refractivity contribution in [1.82, 2.24) is 4.90 Å². The number of carbonyl (C=O) groups is 1. The summed E-state index contributed by atoms with van der Waals surface area (Å²) in [6.45, 7) is 4.21. The molecule has 0 aromatic rings. The molecule has 0 aliphatic carbocycles. The molecule has 1 saturated heterocycles. The van der Waals surface area contributed by atoms with Gasteiger partial charge in [0.05, 0.1) is 0 Å². The van der Waals surface area contributed by atoms with Crippen molar-refractivity contribution in [2.75, 3.05) is 20.1 Å². The molecule has 2 nitrogen and oxygen atoms in total. The third-order valence-electron chi connectivity index (χ3n) is 2.37. The van der Waals surface area contributed by atoms with Gasteiger partial charge in [-0.25, -0.2) is 0 Å². The lowest BCUT2D eigenvalue weighted by molar-refractivity contribution is -0.111. The van der Waals surface area contributed by atoms with E-state index < -0.39 is 0 Å². The summed E-state index contributed by atoms with van der Waals surface area (Å²) in [5.41, 5.74) is 0. The van der Waals surface area contributed by atoms with Crippen molar-refractivity contribution in [2.45, 2.75) is 13.3 Å². The molecule has 0 aromatic heterocycles. The molecule has 0 radical (unpaired) electrons. The van der Waals surface area contributed by atoms with E-state index in [1.807, 2.05) is 0 Å². The van der Waals surface area contributed by atoms with Crippen LogP contribution in [0.1, 0.15) is 13.3 Å². The molecule has 0 bridgehead atoms. The number of hydrogen-bond donors (Lipinski definition) is 0. The van der Waals surface area contributed by atoms with E-state index in [2.05, 4.69) is 18.9 Å². The van der Waals surface area contributed by atoms with Gasteiger partial charge < -0.3 is 9.69 Å². The zero-order chi connectivity index (χ0) is 7.56. The van der Waals surface area contributed by atoms with Gasteiger partial charge in [-0.3, -0.25) is 0 Å². The first kappa shape index (κ1) is 7.73. The molecular formula is C8H15NO. The first-order valence-electron chi connectivity index (χ1n) is 3.91. The quantitative estimate of drug-likeness (QED) is 0.529. The maximum Gasteiger partial charge on any atom is 0.124 e. The average molecular weight is 141 g/mol. The molecule has 1 heterocycles. The van der Waals surface area contributed by atoms with Crippen molar-refractivity contribution in [3.8, 4) is 0 Å². The fraction of sp³-hybridized carbons (Fsp3) is 0.875. The molecule has 1 aliphatic rings. The standard InChI is InChI=1S/C8H15NO/c1-3-7-4-9(2)5-8(7)6-10/h6-8H,3-5H2,1-2H3/t7-,8-/m1/s1. The summed E-state index contributed by atoms with van der Waals surface area (Å²) in [6.07, 6.45) is 2.24. The van der Waals surface area contributed by atoms with Crippen LogP contribution in [0.3, 0.4) is 0 Å². The normalized spacial score (nSPS) is 34.6. The lowest BCUT2D eigenvalue weighted by atomic mass is 9.95. The largest absolute Gasteiger partial charge is 0.305 e. The van der Waals surface area contributed by atoms with Crippen molar-refractivity contribution >= 4 is 6.29 Å². The number of rotatable bonds is 2. The Morgan fingerprint density at radius 2 is 2.30 bits per heavy atom. The highest BCUT2D eigenvalue weighted by atomic mass is 16.1. The van der Waals surface area contributed by atoms with E-state index in [9.17, 15) is 4.79 Å². The number of likely N-dealkylation sites (tertiary alicyclic amines) is 1. The molecule has 0 unspecified atom stereocenters. The van der Waals surface area contributed by atoms with Gasteiger partial charge >= 0.3 is 0 Å². The second kappa shape index (κ2) is 3.15. The van der Waals surface area contributed by atoms with Gasteiger partial charge in [0.25, 0.3) is 0 Å². The number of aldehydes is 1. The predicted octanol–water partition coefficient (Wildman–Crippen LogP) is 0.773. The van der Waals surface area contributed by atoms with E-state index in [1.165, 1.54) is 0 Å². The van der Waals surface area contributed by atoms with Crippen molar-refractivity contribution in [1.29, 1.82) is 0 Å². The molecule has 0 amide bonds. The lowest BCUT2D eigenvalue weighted by Gasteiger charge is -2.08. The van der Waals surface area contributed by atoms with Crippen molar-refractivity contribution < 1.29 is 4.79 Å². The molecular weight excluding hydrogens is 126 g/mol. The van der Waals surface area contributed by atoms with Gasteiger partial charge in [-0.1, -0.05) is 13.3 Å². The molecule has 0 aromatic carbocycles. The van der Waals surface area contributed by atoms with Gasteiger partial charge in [0, 0.05) is 19.0 Å². The second-order valence-electron chi connectivity index (χ2n) is 3.19. The molecule has 0 saturated carbocycles. The van der Waals surface area contributed by atoms with Crippen LogP contribution < -0.4 is 0 Å². The van der Waals surface area contributed by atoms with E-state index in [0.29, 0.717) is 11.8 Å². The molecule has 58 valence electrons. The molecule has 1 rings (SSSR count). The summed E-state index contributed by atoms with van der Waals surface area (Å²) in [7, 11) is 2.08. The van der Waals surface area contributed by atoms with E-state index in [-0.39, 0.29) is 0 Å². The van der Waals surface area contributed by atoms with E-state index in [1.54, 1.807) is 0 Å². The Kier molecular flexibility index (Phi) is 2.44. The highest BCUT2D eigenvalue weighted by Gasteiger charge is 2.28. The molecule has 2 heteroatoms. The maximum absolute atomic E-state index is 10.5. The zero-order valence-electron chi connectivity index (χ0n) is 6.71. The Labute approximate surface area is 62.2 Å². The van der Waals surface area contributed by atoms with Crippen LogP contribution in [0.15, 0.2) is 0 Å². The van der Waals surface area contributed by atoms with Crippen LogP contribution in [0.2, 0.25) is 0 Å². The Morgan fingerprint density at radius 1 is 1.60 bits per heavy atom. The first-order valence-corrected chi connectivity index (χ1v) is 3.91. The summed E-state index contributed by atoms with van der Waals surface area (Å²) in [5.74, 6) is 0.914. The second-order valence-corrected chi connectivity index (χ2v) is 3.19. The van der Waals surface area contributed by atoms with E-state index in [4.69, 9.17) is 0 Å². The maximum atomic E-state index is 10.5. The number of hydrogen-bond acceptors (Lipinski definition) is 2. The monoisotopic (exact) mass is 141 g/mol. The highest BCUT2D eigenvalue weighted by molar-refractivity contribution is 5.55. The summed E-state index contributed by atoms with van der Waals surface area (Å²) in [5, 5.41) is 0. The third kappa shape index (κ3) is 1.37. The summed E-state index contributed by atoms with van der Waals surface area (Å²) in [6, 6.07) is 0. The topological polar surface area (TPSA) is 20.3 Å². The van der Waals surface area contributed by atoms with Crippen LogP contribution in [0.4, 0.5) is 0 Å². The van der Waals surface area contributed by atoms with Gasteiger partial charge in [0.15, 0.2) is 0 Å². The predicted molar refractivity (Wildman–Crippen MR) is 40.8 cm³/mol. The van der Waals surface area contributed by atoms with Crippen LogP contribution in [-0.2, 0) is 4.79 Å². The fourth-order valence-corrected chi connectivity index (χ4v) is 1.71. The molecule has 1 fully saturated rings. The van der Waals surface area contributed by atoms with Gasteiger partial charge in [-0.2, -0.15) is 0 Å². The van der Waals surface area contributed by atoms with Crippen molar-refractivity contribution in [2.24, 2.45) is 11.8 Å². The Balaban J connectivity index is 2.48. The summed E-state index contributed by atoms with van der Waals surface area (Å²) >= 11 is 0. The minimum Gasteiger partial charge on any atom is -0.305 e. The Morgan fingerprint density at radius 3 is 2.70 bits per heavy atom. The molecule has 0 spiro atoms. The first-order chi connectivity index (χ1) is 4.77. The summed E-state index contributed by atoms with van der Waals surface area (Å²) in [4.78, 5) is 12.7. The van der Waals surface area contributed by atoms with Gasteiger partial charge in [0.2, 0.25) is 0 Å². The van der Waals surface area contributed by atoms with Gasteiger partial charge in [0.1, 0.15) is 6.29 Å². The zero-order valence-corrected chi connectivity index (χ0v) is 6.71. The van der Waals surface area contributed by atoms with Crippen molar-refractivity contribution in [3.63, 3.8) is 0 Å². The van der Waals surface area contributed by atoms with Gasteiger partial charge in [-0.05, 0) is 13.0 Å². The van der Waals surface area contributed by atoms with Crippen LogP contribution >= 0.6 is 0 Å². The van der Waals surface area contributed by atoms with Gasteiger partial charge in [-0.15, -0.1) is 0 Å². The molecule has 10 heavy (non-hydrogen) atoms. The van der Waals surface area contributed by atoms with Crippen LogP contribution in [0, 0.1) is 11.8 Å². The van der Waals surface area contributed by atoms with E-state index >= 15 is 0 Å². The average Bonchev–Trinajstić information content (AvgIpc) is 2.30. The minimum absolute atomic E-state index is 0.301. The Hall–Kier alpha value is -0.370. The van der Waals surface area contributed by atoms with Crippen molar-refractivity contribution in [3.05, 3.63) is 0 Å². The molecule has 0 N–H and O–H groups in total. The molecule has 1 aliphatic heterocycles. The lowest BCUT2D eigenvalue weighted by Crippen LogP contribution is -2.14. The fourth-order valence-electron chi connectivity index (χ4n) is 1.71. The summed E-state index contributed by atoms with van der Waals surface area (Å²) < 4.78 is 0. The number of nitrogens with zero attached hydrogens (tertiary/aromatic N) is 1. The van der Waals surface area contributed by atoms with E-state index in [0.717, 1.165) is 25.8 Å². The van der Waals surface area contributed by atoms with Crippen LogP contribution in [0.25, 0.3) is 0 Å². The Bertz CT molecular complexity index is 124.